The summed E-state index contributed by atoms with van der Waals surface area (Å²) in [5.41, 5.74) is 5.08. The number of nitrogens with zero attached hydrogens (tertiary/aromatic N) is 2. The summed E-state index contributed by atoms with van der Waals surface area (Å²) in [5, 5.41) is 51.0. The lowest BCUT2D eigenvalue weighted by atomic mass is 9.96. The van der Waals surface area contributed by atoms with Crippen LogP contribution in [-0.2, 0) is 34.7 Å². The summed E-state index contributed by atoms with van der Waals surface area (Å²) in [7, 11) is 0. The molecule has 1 heterocycles. The molecule has 1 aromatic heterocycles. The Bertz CT molecular complexity index is 1860. The topological polar surface area (TPSA) is 153 Å². The van der Waals surface area contributed by atoms with E-state index in [9.17, 15) is 25.2 Å². The number of para-hydroxylation sites is 1. The number of amides is 1. The summed E-state index contributed by atoms with van der Waals surface area (Å²) in [6.07, 6.45) is 3.02. The number of aliphatic hydroxyl groups is 5. The highest BCUT2D eigenvalue weighted by molar-refractivity contribution is 6.34. The summed E-state index contributed by atoms with van der Waals surface area (Å²) < 4.78 is 12.8. The molecule has 54 heavy (non-hydrogen) atoms. The summed E-state index contributed by atoms with van der Waals surface area (Å²) in [6, 6.07) is 23.1. The number of hydrogen-bond donors (Lipinski definition) is 5. The molecule has 0 bridgehead atoms. The molecule has 0 aliphatic heterocycles. The van der Waals surface area contributed by atoms with Crippen molar-refractivity contribution in [3.63, 3.8) is 0 Å². The fraction of sp³-hybridized carbons (Fsp3) is 0.429. The maximum Gasteiger partial charge on any atom is 0.222 e. The highest BCUT2D eigenvalue weighted by Gasteiger charge is 2.48. The maximum atomic E-state index is 13.4. The summed E-state index contributed by atoms with van der Waals surface area (Å²) in [6.45, 7) is -0.613. The third-order valence-corrected chi connectivity index (χ3v) is 10.8. The zero-order valence-corrected chi connectivity index (χ0v) is 31.6. The molecule has 288 valence electrons. The first kappa shape index (κ1) is 40.1. The molecule has 0 radical (unpaired) electrons. The van der Waals surface area contributed by atoms with Gasteiger partial charge in [0.2, 0.25) is 5.91 Å². The average molecular weight is 780 g/mol. The van der Waals surface area contributed by atoms with Gasteiger partial charge in [-0.15, -0.1) is 0 Å². The van der Waals surface area contributed by atoms with Crippen molar-refractivity contribution in [2.75, 3.05) is 13.2 Å². The Balaban J connectivity index is 1.05. The van der Waals surface area contributed by atoms with Crippen LogP contribution in [0.25, 0.3) is 11.1 Å². The molecule has 2 aliphatic carbocycles. The molecule has 0 unspecified atom stereocenters. The van der Waals surface area contributed by atoms with Gasteiger partial charge in [0, 0.05) is 53.1 Å². The first-order valence-electron chi connectivity index (χ1n) is 18.5. The van der Waals surface area contributed by atoms with E-state index in [1.54, 1.807) is 6.20 Å². The Morgan fingerprint density at radius 1 is 0.870 bits per heavy atom. The van der Waals surface area contributed by atoms with Crippen LogP contribution in [0.15, 0.2) is 85.2 Å². The average Bonchev–Trinajstić information content (AvgIpc) is 4.14. The van der Waals surface area contributed by atoms with Crippen molar-refractivity contribution in [3.8, 4) is 16.9 Å². The third kappa shape index (κ3) is 10.2. The normalized spacial score (nSPS) is 17.0. The fourth-order valence-electron chi connectivity index (χ4n) is 6.61. The van der Waals surface area contributed by atoms with Crippen molar-refractivity contribution in [3.05, 3.63) is 117 Å². The fourth-order valence-corrected chi connectivity index (χ4v) is 7.13. The van der Waals surface area contributed by atoms with Crippen LogP contribution in [0.2, 0.25) is 10.0 Å². The Kier molecular flexibility index (Phi) is 13.6. The van der Waals surface area contributed by atoms with E-state index in [0.717, 1.165) is 64.8 Å². The molecule has 10 nitrogen and oxygen atoms in total. The van der Waals surface area contributed by atoms with Crippen LogP contribution >= 0.6 is 23.2 Å². The number of carbonyl (C=O) groups is 1. The molecule has 12 heteroatoms. The molecule has 4 atom stereocenters. The Morgan fingerprint density at radius 2 is 1.56 bits per heavy atom. The van der Waals surface area contributed by atoms with E-state index in [2.05, 4.69) is 11.1 Å². The number of rotatable bonds is 20. The summed E-state index contributed by atoms with van der Waals surface area (Å²) >= 11 is 13.5. The number of unbranched alkanes of at least 4 members (excludes halogenated alkanes) is 1. The van der Waals surface area contributed by atoms with Crippen molar-refractivity contribution in [2.24, 2.45) is 0 Å². The molecule has 2 fully saturated rings. The molecule has 2 aliphatic rings. The molecule has 6 rings (SSSR count). The Morgan fingerprint density at radius 3 is 2.28 bits per heavy atom. The van der Waals surface area contributed by atoms with E-state index in [1.165, 1.54) is 4.90 Å². The predicted octanol–water partition coefficient (Wildman–Crippen LogP) is 5.98. The number of pyridine rings is 1. The highest BCUT2D eigenvalue weighted by Crippen LogP contribution is 2.53. The van der Waals surface area contributed by atoms with Crippen molar-refractivity contribution in [2.45, 2.75) is 101 Å². The second kappa shape index (κ2) is 18.4. The van der Waals surface area contributed by atoms with E-state index >= 15 is 0 Å². The van der Waals surface area contributed by atoms with Crippen LogP contribution in [0.5, 0.6) is 5.75 Å². The summed E-state index contributed by atoms with van der Waals surface area (Å²) in [4.78, 5) is 19.2. The van der Waals surface area contributed by atoms with Gasteiger partial charge in [0.15, 0.2) is 0 Å². The molecular weight excluding hydrogens is 731 g/mol. The monoisotopic (exact) mass is 778 g/mol. The number of halogens is 2. The van der Waals surface area contributed by atoms with Gasteiger partial charge in [-0.1, -0.05) is 71.7 Å². The van der Waals surface area contributed by atoms with Crippen molar-refractivity contribution >= 4 is 29.1 Å². The highest BCUT2D eigenvalue weighted by atomic mass is 35.5. The van der Waals surface area contributed by atoms with Gasteiger partial charge in [-0.2, -0.15) is 0 Å². The largest absolute Gasteiger partial charge is 0.490 e. The van der Waals surface area contributed by atoms with E-state index in [1.807, 2.05) is 72.9 Å². The molecule has 5 N–H and O–H groups in total. The molecule has 3 aromatic carbocycles. The van der Waals surface area contributed by atoms with Gasteiger partial charge in [-0.25, -0.2) is 0 Å². The molecule has 0 saturated heterocycles. The molecule has 1 amide bonds. The Labute approximate surface area is 325 Å². The van der Waals surface area contributed by atoms with E-state index in [-0.39, 0.29) is 38.1 Å². The molecular formula is C42H48Cl2N2O8. The van der Waals surface area contributed by atoms with Crippen LogP contribution in [0.4, 0.5) is 0 Å². The van der Waals surface area contributed by atoms with Crippen molar-refractivity contribution < 1.29 is 39.8 Å². The van der Waals surface area contributed by atoms with Gasteiger partial charge in [0.1, 0.15) is 30.2 Å². The minimum atomic E-state index is -1.78. The lowest BCUT2D eigenvalue weighted by Crippen LogP contribution is -2.50. The smallest absolute Gasteiger partial charge is 0.222 e. The van der Waals surface area contributed by atoms with Gasteiger partial charge < -0.3 is 39.9 Å². The number of benzene rings is 3. The lowest BCUT2D eigenvalue weighted by molar-refractivity contribution is -0.140. The van der Waals surface area contributed by atoms with Crippen LogP contribution in [-0.4, -0.2) is 85.0 Å². The molecule has 0 spiro atoms. The molecule has 2 saturated carbocycles. The number of aromatic nitrogens is 1. The predicted molar refractivity (Wildman–Crippen MR) is 206 cm³/mol. The minimum Gasteiger partial charge on any atom is -0.490 e. The lowest BCUT2D eigenvalue weighted by Gasteiger charge is -2.30. The van der Waals surface area contributed by atoms with Crippen LogP contribution in [0.3, 0.4) is 0 Å². The first-order valence-corrected chi connectivity index (χ1v) is 19.3. The van der Waals surface area contributed by atoms with E-state index < -0.39 is 36.6 Å². The number of aryl methyl sites for hydroxylation is 1. The van der Waals surface area contributed by atoms with Gasteiger partial charge in [-0.05, 0) is 91.5 Å². The Hall–Kier alpha value is -3.58. The SMILES string of the molecule is O=C(CCCCc1cc(Cl)c(COC2(c3cnccc3-c3ccccc3OC3CC3)CC2)cc1Cl)N(Cc1ccccc1)C[C@@H](O)[C@H](O)[C@H](O)[C@H](O)CO. The van der Waals surface area contributed by atoms with E-state index in [0.29, 0.717) is 29.3 Å². The standard InChI is InChI=1S/C42H48Cl2N2O8/c43-34-21-29(26-53-42(17-18-42)33-22-45-19-16-31(33)32-11-5-6-12-38(32)54-30-14-15-30)35(44)20-28(34)10-4-7-13-39(50)46(23-27-8-2-1-3-9-27)24-36(48)40(51)41(52)37(49)25-47/h1-3,5-6,8-9,11-12,16,19-22,30,36-37,40-41,47-49,51-52H,4,7,10,13-15,17-18,23-26H2/t36-,37-,40+,41-/m1/s1. The number of ether oxygens (including phenoxy) is 2. The van der Waals surface area contributed by atoms with Crippen LogP contribution < -0.4 is 4.74 Å². The number of aliphatic hydroxyl groups excluding tert-OH is 5. The number of carbonyl (C=O) groups excluding carboxylic acids is 1. The second-order valence-corrected chi connectivity index (χ2v) is 15.1. The van der Waals surface area contributed by atoms with Crippen LogP contribution in [0.1, 0.15) is 67.2 Å². The van der Waals surface area contributed by atoms with Gasteiger partial charge in [-0.3, -0.25) is 9.78 Å². The van der Waals surface area contributed by atoms with Gasteiger partial charge in [0.05, 0.1) is 24.9 Å². The second-order valence-electron chi connectivity index (χ2n) is 14.3. The minimum absolute atomic E-state index is 0.171. The maximum absolute atomic E-state index is 13.4. The first-order chi connectivity index (χ1) is 26.1. The summed E-state index contributed by atoms with van der Waals surface area (Å²) in [5.74, 6) is 0.623. The quantitative estimate of drug-likeness (QED) is 0.0683. The van der Waals surface area contributed by atoms with Crippen LogP contribution in [0, 0.1) is 0 Å². The van der Waals surface area contributed by atoms with Crippen molar-refractivity contribution in [1.29, 1.82) is 0 Å². The zero-order chi connectivity index (χ0) is 38.2. The van der Waals surface area contributed by atoms with Crippen molar-refractivity contribution in [1.82, 2.24) is 9.88 Å². The zero-order valence-electron chi connectivity index (χ0n) is 30.1. The van der Waals surface area contributed by atoms with Gasteiger partial charge >= 0.3 is 0 Å². The molecule has 4 aromatic rings. The third-order valence-electron chi connectivity index (χ3n) is 10.1. The van der Waals surface area contributed by atoms with E-state index in [4.69, 9.17) is 37.8 Å². The van der Waals surface area contributed by atoms with Gasteiger partial charge in [0.25, 0.3) is 0 Å². The number of hydrogen-bond acceptors (Lipinski definition) is 9.